The average molecular weight is 118 g/mol. The molecule has 1 aromatic rings. The van der Waals surface area contributed by atoms with Crippen LogP contribution in [-0.2, 0) is 0 Å². The summed E-state index contributed by atoms with van der Waals surface area (Å²) in [4.78, 5) is 7.92. The Labute approximate surface area is 53.3 Å². The number of hydrogen-bond donors (Lipinski definition) is 0. The first-order valence-electron chi connectivity index (χ1n) is 2.90. The van der Waals surface area contributed by atoms with Gasteiger partial charge in [-0.15, -0.1) is 0 Å². The summed E-state index contributed by atoms with van der Waals surface area (Å²) in [7, 11) is 0. The van der Waals surface area contributed by atoms with Gasteiger partial charge in [0.1, 0.15) is 6.04 Å². The van der Waals surface area contributed by atoms with Crippen molar-refractivity contribution in [2.45, 2.75) is 6.04 Å². The first-order chi connectivity index (χ1) is 4.47. The highest BCUT2D eigenvalue weighted by atomic mass is 14.9. The summed E-state index contributed by atoms with van der Waals surface area (Å²) in [5.41, 5.74) is 1.24. The molecule has 2 rings (SSSR count). The Kier molecular flexibility index (Phi) is 0.859. The molecule has 1 aliphatic heterocycles. The van der Waals surface area contributed by atoms with E-state index in [4.69, 9.17) is 0 Å². The Morgan fingerprint density at radius 2 is 1.89 bits per heavy atom. The molecular weight excluding hydrogens is 112 g/mol. The second-order valence-electron chi connectivity index (χ2n) is 2.02. The molecule has 2 heterocycles. The fourth-order valence-electron chi connectivity index (χ4n) is 0.776. The van der Waals surface area contributed by atoms with Gasteiger partial charge in [-0.3, -0.25) is 9.98 Å². The van der Waals surface area contributed by atoms with Gasteiger partial charge in [0.05, 0.1) is 0 Å². The molecule has 0 aliphatic carbocycles. The Morgan fingerprint density at radius 3 is 2.44 bits per heavy atom. The zero-order valence-electron chi connectivity index (χ0n) is 4.86. The molecule has 0 amide bonds. The van der Waals surface area contributed by atoms with Crippen molar-refractivity contribution in [3.63, 3.8) is 0 Å². The Hall–Kier alpha value is -1.18. The van der Waals surface area contributed by atoms with Crippen LogP contribution in [0.5, 0.6) is 0 Å². The first kappa shape index (κ1) is 4.68. The molecule has 0 N–H and O–H groups in total. The molecule has 1 atom stereocenters. The zero-order valence-corrected chi connectivity index (χ0v) is 4.86. The minimum Gasteiger partial charge on any atom is -0.281 e. The van der Waals surface area contributed by atoms with E-state index in [-0.39, 0.29) is 0 Å². The fourth-order valence-corrected chi connectivity index (χ4v) is 0.776. The van der Waals surface area contributed by atoms with E-state index in [1.807, 2.05) is 18.3 Å². The van der Waals surface area contributed by atoms with Crippen molar-refractivity contribution in [3.8, 4) is 0 Å². The van der Waals surface area contributed by atoms with Crippen LogP contribution in [0.15, 0.2) is 29.5 Å². The zero-order chi connectivity index (χ0) is 6.10. The lowest BCUT2D eigenvalue weighted by atomic mass is 10.2. The summed E-state index contributed by atoms with van der Waals surface area (Å²) >= 11 is 0. The lowest BCUT2D eigenvalue weighted by molar-refractivity contribution is 1.12. The predicted molar refractivity (Wildman–Crippen MR) is 35.5 cm³/mol. The highest BCUT2D eigenvalue weighted by Crippen LogP contribution is 2.22. The molecule has 2 heteroatoms. The molecule has 1 unspecified atom stereocenters. The minimum atomic E-state index is 0.369. The van der Waals surface area contributed by atoms with Crippen LogP contribution in [0.3, 0.4) is 0 Å². The van der Waals surface area contributed by atoms with Gasteiger partial charge in [0.2, 0.25) is 0 Å². The topological polar surface area (TPSA) is 25.2 Å². The van der Waals surface area contributed by atoms with Crippen LogP contribution >= 0.6 is 0 Å². The standard InChI is InChI=1S/C7H6N2/c1-3-8-4-2-6(1)7-5-9-7/h1-5,7H. The third-order valence-electron chi connectivity index (χ3n) is 1.35. The predicted octanol–water partition coefficient (Wildman–Crippen LogP) is 1.21. The molecule has 0 saturated heterocycles. The molecule has 44 valence electrons. The van der Waals surface area contributed by atoms with E-state index in [0.29, 0.717) is 6.04 Å². The summed E-state index contributed by atoms with van der Waals surface area (Å²) in [5.74, 6) is 0. The second kappa shape index (κ2) is 1.65. The van der Waals surface area contributed by atoms with Gasteiger partial charge in [0.15, 0.2) is 0 Å². The normalized spacial score (nSPS) is 22.0. The molecule has 1 aliphatic rings. The molecule has 2 nitrogen and oxygen atoms in total. The molecule has 0 radical (unpaired) electrons. The molecule has 0 aromatic carbocycles. The molecule has 0 fully saturated rings. The Morgan fingerprint density at radius 1 is 1.22 bits per heavy atom. The fraction of sp³-hybridized carbons (Fsp3) is 0.143. The Balaban J connectivity index is 2.30. The van der Waals surface area contributed by atoms with Crippen LogP contribution < -0.4 is 0 Å². The van der Waals surface area contributed by atoms with Crippen molar-refractivity contribution in [1.29, 1.82) is 0 Å². The van der Waals surface area contributed by atoms with E-state index >= 15 is 0 Å². The van der Waals surface area contributed by atoms with Crippen LogP contribution in [-0.4, -0.2) is 11.2 Å². The maximum absolute atomic E-state index is 4.02. The summed E-state index contributed by atoms with van der Waals surface area (Å²) in [6.45, 7) is 0. The van der Waals surface area contributed by atoms with Crippen LogP contribution in [0.4, 0.5) is 0 Å². The van der Waals surface area contributed by atoms with Gasteiger partial charge in [-0.05, 0) is 17.7 Å². The highest BCUT2D eigenvalue weighted by Gasteiger charge is 2.13. The SMILES string of the molecule is C1=NC1c1ccncc1. The number of rotatable bonds is 1. The average Bonchev–Trinajstić information content (AvgIpc) is 2.71. The van der Waals surface area contributed by atoms with Crippen LogP contribution in [0, 0.1) is 0 Å². The third kappa shape index (κ3) is 0.830. The molecule has 1 aromatic heterocycles. The van der Waals surface area contributed by atoms with E-state index in [2.05, 4.69) is 9.98 Å². The van der Waals surface area contributed by atoms with Gasteiger partial charge >= 0.3 is 0 Å². The quantitative estimate of drug-likeness (QED) is 0.544. The van der Waals surface area contributed by atoms with Gasteiger partial charge in [-0.25, -0.2) is 0 Å². The number of nitrogens with zero attached hydrogens (tertiary/aromatic N) is 2. The van der Waals surface area contributed by atoms with Gasteiger partial charge < -0.3 is 0 Å². The van der Waals surface area contributed by atoms with Crippen LogP contribution in [0.2, 0.25) is 0 Å². The monoisotopic (exact) mass is 118 g/mol. The third-order valence-corrected chi connectivity index (χ3v) is 1.35. The lowest BCUT2D eigenvalue weighted by Crippen LogP contribution is -1.80. The molecular formula is C7H6N2. The van der Waals surface area contributed by atoms with E-state index in [1.165, 1.54) is 5.56 Å². The smallest absolute Gasteiger partial charge is 0.109 e. The molecule has 9 heavy (non-hydrogen) atoms. The summed E-state index contributed by atoms with van der Waals surface area (Å²) in [5, 5.41) is 0. The van der Waals surface area contributed by atoms with Crippen molar-refractivity contribution in [2.75, 3.05) is 0 Å². The first-order valence-corrected chi connectivity index (χ1v) is 2.90. The maximum atomic E-state index is 4.02. The van der Waals surface area contributed by atoms with E-state index in [9.17, 15) is 0 Å². The molecule has 0 saturated carbocycles. The summed E-state index contributed by atoms with van der Waals surface area (Å²) in [6, 6.07) is 4.34. The van der Waals surface area contributed by atoms with E-state index < -0.39 is 0 Å². The van der Waals surface area contributed by atoms with Gasteiger partial charge in [-0.2, -0.15) is 0 Å². The van der Waals surface area contributed by atoms with E-state index in [1.54, 1.807) is 12.4 Å². The minimum absolute atomic E-state index is 0.369. The number of aliphatic imine (C=N–C) groups is 1. The van der Waals surface area contributed by atoms with Gasteiger partial charge in [0.25, 0.3) is 0 Å². The largest absolute Gasteiger partial charge is 0.281 e. The van der Waals surface area contributed by atoms with E-state index in [0.717, 1.165) is 0 Å². The number of hydrogen-bond acceptors (Lipinski definition) is 2. The highest BCUT2D eigenvalue weighted by molar-refractivity contribution is 5.79. The second-order valence-corrected chi connectivity index (χ2v) is 2.02. The number of aromatic nitrogens is 1. The molecule has 0 spiro atoms. The Bertz CT molecular complexity index is 222. The van der Waals surface area contributed by atoms with Gasteiger partial charge in [-0.1, -0.05) is 0 Å². The van der Waals surface area contributed by atoms with Gasteiger partial charge in [0, 0.05) is 18.6 Å². The molecule has 0 bridgehead atoms. The van der Waals surface area contributed by atoms with Crippen LogP contribution in [0.25, 0.3) is 0 Å². The maximum Gasteiger partial charge on any atom is 0.109 e. The van der Waals surface area contributed by atoms with Crippen molar-refractivity contribution in [2.24, 2.45) is 4.99 Å². The number of pyridine rings is 1. The van der Waals surface area contributed by atoms with Crippen molar-refractivity contribution in [3.05, 3.63) is 30.1 Å². The van der Waals surface area contributed by atoms with Crippen molar-refractivity contribution in [1.82, 2.24) is 4.98 Å². The summed E-state index contributed by atoms with van der Waals surface area (Å²) in [6.07, 6.45) is 5.50. The lowest BCUT2D eigenvalue weighted by Gasteiger charge is -1.90. The summed E-state index contributed by atoms with van der Waals surface area (Å²) < 4.78 is 0. The van der Waals surface area contributed by atoms with Crippen molar-refractivity contribution < 1.29 is 0 Å². The van der Waals surface area contributed by atoms with Crippen molar-refractivity contribution >= 4 is 6.21 Å². The van der Waals surface area contributed by atoms with Crippen LogP contribution in [0.1, 0.15) is 11.6 Å².